The largest absolute Gasteiger partial charge is 0.343 e. The van der Waals surface area contributed by atoms with Crippen LogP contribution in [0.4, 0.5) is 13.6 Å². The maximum absolute atomic E-state index is 14.0. The fourth-order valence-electron chi connectivity index (χ4n) is 6.27. The van der Waals surface area contributed by atoms with Gasteiger partial charge >= 0.3 is 6.03 Å². The summed E-state index contributed by atoms with van der Waals surface area (Å²) in [5.74, 6) is -1.33. The minimum atomic E-state index is -0.942. The van der Waals surface area contributed by atoms with E-state index in [1.54, 1.807) is 4.90 Å². The molecule has 192 valence electrons. The van der Waals surface area contributed by atoms with E-state index in [4.69, 9.17) is 9.47 Å². The number of likely N-dealkylation sites (tertiary alicyclic amines) is 1. The van der Waals surface area contributed by atoms with Gasteiger partial charge in [-0.1, -0.05) is 12.1 Å². The number of pyridine rings is 1. The number of urea groups is 1. The van der Waals surface area contributed by atoms with E-state index in [0.717, 1.165) is 57.3 Å². The van der Waals surface area contributed by atoms with Gasteiger partial charge in [-0.05, 0) is 68.9 Å². The Kier molecular flexibility index (Phi) is 6.39. The predicted molar refractivity (Wildman–Crippen MR) is 128 cm³/mol. The first kappa shape index (κ1) is 23.8. The molecule has 1 aliphatic carbocycles. The van der Waals surface area contributed by atoms with E-state index in [9.17, 15) is 13.6 Å². The average molecular weight is 499 g/mol. The van der Waals surface area contributed by atoms with Gasteiger partial charge in [0.1, 0.15) is 0 Å². The summed E-state index contributed by atoms with van der Waals surface area (Å²) in [4.78, 5) is 22.1. The van der Waals surface area contributed by atoms with Crippen molar-refractivity contribution in [2.75, 3.05) is 13.1 Å². The van der Waals surface area contributed by atoms with Gasteiger partial charge in [0, 0.05) is 43.0 Å². The Balaban J connectivity index is 1.07. The van der Waals surface area contributed by atoms with E-state index in [0.29, 0.717) is 17.5 Å². The number of ether oxygens (including phenoxy) is 2. The van der Waals surface area contributed by atoms with Gasteiger partial charge in [0.15, 0.2) is 17.9 Å². The lowest BCUT2D eigenvalue weighted by Crippen LogP contribution is -2.53. The van der Waals surface area contributed by atoms with Crippen LogP contribution in [0.3, 0.4) is 0 Å². The van der Waals surface area contributed by atoms with E-state index >= 15 is 0 Å². The van der Waals surface area contributed by atoms with Gasteiger partial charge in [-0.3, -0.25) is 14.8 Å². The van der Waals surface area contributed by atoms with E-state index in [-0.39, 0.29) is 12.1 Å². The molecule has 36 heavy (non-hydrogen) atoms. The second kappa shape index (κ2) is 9.68. The molecular weight excluding hydrogens is 466 g/mol. The average Bonchev–Trinajstić information content (AvgIpc) is 3.51. The first-order valence-electron chi connectivity index (χ1n) is 13.0. The van der Waals surface area contributed by atoms with Crippen LogP contribution >= 0.6 is 0 Å². The van der Waals surface area contributed by atoms with Crippen LogP contribution in [0.2, 0.25) is 0 Å². The molecule has 0 spiro atoms. The van der Waals surface area contributed by atoms with Crippen molar-refractivity contribution in [3.8, 4) is 0 Å². The summed E-state index contributed by atoms with van der Waals surface area (Å²) in [6, 6.07) is 9.62. The molecule has 3 aliphatic heterocycles. The molecule has 1 aromatic heterocycles. The Hall–Kier alpha value is -2.62. The molecule has 2 aromatic rings. The minimum Gasteiger partial charge on any atom is -0.343 e. The van der Waals surface area contributed by atoms with E-state index in [1.165, 1.54) is 11.8 Å². The first-order chi connectivity index (χ1) is 17.5. The molecule has 4 unspecified atom stereocenters. The number of nitrogens with one attached hydrogen (secondary N) is 1. The van der Waals surface area contributed by atoms with E-state index < -0.39 is 36.3 Å². The van der Waals surface area contributed by atoms with Crippen LogP contribution in [-0.2, 0) is 9.47 Å². The summed E-state index contributed by atoms with van der Waals surface area (Å²) in [7, 11) is 0. The molecule has 1 saturated carbocycles. The van der Waals surface area contributed by atoms with Gasteiger partial charge in [-0.25, -0.2) is 13.6 Å². The van der Waals surface area contributed by atoms with Crippen molar-refractivity contribution in [1.82, 2.24) is 20.1 Å². The Labute approximate surface area is 209 Å². The van der Waals surface area contributed by atoms with Crippen molar-refractivity contribution in [1.29, 1.82) is 0 Å². The molecule has 2 amide bonds. The highest BCUT2D eigenvalue weighted by Crippen LogP contribution is 2.43. The second-order valence-corrected chi connectivity index (χ2v) is 10.5. The maximum Gasteiger partial charge on any atom is 0.320 e. The van der Waals surface area contributed by atoms with Gasteiger partial charge in [0.2, 0.25) is 6.29 Å². The highest BCUT2D eigenvalue weighted by molar-refractivity contribution is 5.76. The molecule has 5 atom stereocenters. The van der Waals surface area contributed by atoms with Crippen LogP contribution < -0.4 is 5.32 Å². The number of amides is 2. The van der Waals surface area contributed by atoms with Crippen LogP contribution in [0.15, 0.2) is 42.6 Å². The third-order valence-electron chi connectivity index (χ3n) is 8.18. The molecule has 0 bridgehead atoms. The zero-order chi connectivity index (χ0) is 24.8. The van der Waals surface area contributed by atoms with E-state index in [1.807, 2.05) is 19.2 Å². The SMILES string of the molecule is C[C@@H]1OC2OC2N(C(=O)NC2CCN(C3CCC(c4ccccn4)CC3)C2)C1c1ccc(F)c(F)c1. The van der Waals surface area contributed by atoms with Crippen LogP contribution in [0.25, 0.3) is 0 Å². The van der Waals surface area contributed by atoms with E-state index in [2.05, 4.69) is 27.3 Å². The molecule has 1 N–H and O–H groups in total. The normalized spacial score (nSPS) is 34.3. The molecule has 4 aliphatic rings. The van der Waals surface area contributed by atoms with Crippen LogP contribution in [0, 0.1) is 11.6 Å². The number of epoxide rings is 1. The number of morpholine rings is 1. The van der Waals surface area contributed by atoms with Crippen molar-refractivity contribution < 1.29 is 23.0 Å². The monoisotopic (exact) mass is 498 g/mol. The predicted octanol–water partition coefficient (Wildman–Crippen LogP) is 4.31. The summed E-state index contributed by atoms with van der Waals surface area (Å²) in [6.45, 7) is 3.59. The maximum atomic E-state index is 14.0. The fourth-order valence-corrected chi connectivity index (χ4v) is 6.27. The molecular formula is C27H32F2N4O3. The molecule has 0 radical (unpaired) electrons. The first-order valence-corrected chi connectivity index (χ1v) is 13.0. The Morgan fingerprint density at radius 3 is 2.64 bits per heavy atom. The smallest absolute Gasteiger partial charge is 0.320 e. The number of carbonyl (C=O) groups excluding carboxylic acids is 1. The lowest BCUT2D eigenvalue weighted by molar-refractivity contribution is -0.0597. The zero-order valence-electron chi connectivity index (χ0n) is 20.4. The number of rotatable bonds is 4. The zero-order valence-corrected chi connectivity index (χ0v) is 20.4. The number of aromatic nitrogens is 1. The number of benzene rings is 1. The van der Waals surface area contributed by atoms with Crippen LogP contribution in [0.5, 0.6) is 0 Å². The lowest BCUT2D eigenvalue weighted by atomic mass is 9.83. The van der Waals surface area contributed by atoms with Crippen LogP contribution in [0.1, 0.15) is 62.2 Å². The molecule has 6 rings (SSSR count). The topological polar surface area (TPSA) is 70.2 Å². The number of hydrogen-bond donors (Lipinski definition) is 1. The summed E-state index contributed by atoms with van der Waals surface area (Å²) in [6.07, 6.45) is 5.90. The fraction of sp³-hybridized carbons (Fsp3) is 0.556. The van der Waals surface area contributed by atoms with Gasteiger partial charge in [-0.2, -0.15) is 0 Å². The van der Waals surface area contributed by atoms with Crippen molar-refractivity contribution in [3.05, 3.63) is 65.5 Å². The Morgan fingerprint density at radius 2 is 1.89 bits per heavy atom. The molecule has 1 aromatic carbocycles. The number of nitrogens with zero attached hydrogens (tertiary/aromatic N) is 3. The molecule has 9 heteroatoms. The molecule has 4 fully saturated rings. The standard InChI is InChI=1S/C27H32F2N4O3/c1-16-24(18-7-10-21(28)22(29)14-18)33(25-26(35-16)36-25)27(34)31-19-11-13-32(15-19)20-8-5-17(6-9-20)23-4-2-3-12-30-23/h2-4,7,10,12,14,16-17,19-20,24-26H,5-6,8-9,11,13,15H2,1H3,(H,31,34)/t16-,17?,19?,20?,24?,25?,26?/m0/s1. The number of halogens is 2. The number of hydrogen-bond acceptors (Lipinski definition) is 5. The Morgan fingerprint density at radius 1 is 1.06 bits per heavy atom. The molecule has 4 heterocycles. The van der Waals surface area contributed by atoms with Crippen LogP contribution in [-0.4, -0.2) is 64.6 Å². The van der Waals surface area contributed by atoms with Gasteiger partial charge < -0.3 is 14.8 Å². The van der Waals surface area contributed by atoms with Gasteiger partial charge in [0.25, 0.3) is 0 Å². The molecule has 7 nitrogen and oxygen atoms in total. The summed E-state index contributed by atoms with van der Waals surface area (Å²) in [5, 5.41) is 3.19. The summed E-state index contributed by atoms with van der Waals surface area (Å²) >= 11 is 0. The second-order valence-electron chi connectivity index (χ2n) is 10.5. The highest BCUT2D eigenvalue weighted by Gasteiger charge is 2.57. The quantitative estimate of drug-likeness (QED) is 0.636. The van der Waals surface area contributed by atoms with Gasteiger partial charge in [0.05, 0.1) is 12.1 Å². The van der Waals surface area contributed by atoms with Crippen molar-refractivity contribution in [2.24, 2.45) is 0 Å². The molecule has 3 saturated heterocycles. The number of fused-ring (bicyclic) bond motifs is 1. The van der Waals surface area contributed by atoms with Crippen molar-refractivity contribution in [2.45, 2.75) is 81.7 Å². The summed E-state index contributed by atoms with van der Waals surface area (Å²) in [5.41, 5.74) is 1.68. The van der Waals surface area contributed by atoms with Crippen molar-refractivity contribution >= 4 is 6.03 Å². The summed E-state index contributed by atoms with van der Waals surface area (Å²) < 4.78 is 38.9. The minimum absolute atomic E-state index is 0.0342. The Bertz CT molecular complexity index is 1100. The number of carbonyl (C=O) groups is 1. The highest BCUT2D eigenvalue weighted by atomic mass is 19.2. The van der Waals surface area contributed by atoms with Gasteiger partial charge in [-0.15, -0.1) is 0 Å². The lowest BCUT2D eigenvalue weighted by Gasteiger charge is -2.38. The third kappa shape index (κ3) is 4.60. The van der Waals surface area contributed by atoms with Crippen molar-refractivity contribution in [3.63, 3.8) is 0 Å². The third-order valence-corrected chi connectivity index (χ3v) is 8.18.